The van der Waals surface area contributed by atoms with E-state index in [9.17, 15) is 4.79 Å². The Morgan fingerprint density at radius 3 is 2.85 bits per heavy atom. The van der Waals surface area contributed by atoms with E-state index in [1.165, 1.54) is 10.4 Å². The molecule has 1 aliphatic rings. The molecule has 1 N–H and O–H groups in total. The lowest BCUT2D eigenvalue weighted by molar-refractivity contribution is 0.102. The van der Waals surface area contributed by atoms with Gasteiger partial charge in [0.15, 0.2) is 0 Å². The molecule has 26 heavy (non-hydrogen) atoms. The van der Waals surface area contributed by atoms with Crippen LogP contribution in [0.5, 0.6) is 5.75 Å². The molecule has 3 heterocycles. The predicted octanol–water partition coefficient (Wildman–Crippen LogP) is 4.98. The van der Waals surface area contributed by atoms with Gasteiger partial charge in [0.2, 0.25) is 0 Å². The molecule has 2 aromatic heterocycles. The summed E-state index contributed by atoms with van der Waals surface area (Å²) in [5, 5.41) is 4.07. The number of hydrogen-bond acceptors (Lipinski definition) is 4. The zero-order valence-electron chi connectivity index (χ0n) is 14.5. The molecule has 0 atom stereocenters. The molecule has 0 aliphatic carbocycles. The smallest absolute Gasteiger partial charge is 0.259 e. The molecule has 3 aromatic rings. The van der Waals surface area contributed by atoms with Crippen molar-refractivity contribution in [1.29, 1.82) is 0 Å². The van der Waals surface area contributed by atoms with Crippen LogP contribution in [0.4, 0.5) is 5.69 Å². The Hall–Kier alpha value is -2.18. The molecule has 0 spiro atoms. The van der Waals surface area contributed by atoms with Crippen LogP contribution in [0.2, 0.25) is 0 Å². The van der Waals surface area contributed by atoms with Crippen molar-refractivity contribution in [3.05, 3.63) is 64.8 Å². The molecule has 1 aliphatic heterocycles. The molecular weight excluding hydrogens is 364 g/mol. The minimum Gasteiger partial charge on any atom is -0.492 e. The standard InChI is InChI=1S/C20H20N2O2S2/c1-2-24-16-8-4-3-7-15(16)21-19(23)18-14-9-12-25-13-17(14)26-20(18)22-10-5-6-11-22/h3-8,10-11H,2,9,12-13H2,1H3,(H,21,23). The molecule has 0 radical (unpaired) electrons. The summed E-state index contributed by atoms with van der Waals surface area (Å²) in [4.78, 5) is 14.6. The Balaban J connectivity index is 1.73. The van der Waals surface area contributed by atoms with Crippen LogP contribution in [0.15, 0.2) is 48.8 Å². The fourth-order valence-electron chi connectivity index (χ4n) is 3.14. The molecule has 6 heteroatoms. The number of benzene rings is 1. The molecule has 0 saturated heterocycles. The van der Waals surface area contributed by atoms with Crippen LogP contribution in [0.25, 0.3) is 5.00 Å². The Kier molecular flexibility index (Phi) is 5.04. The fraction of sp³-hybridized carbons (Fsp3) is 0.250. The maximum absolute atomic E-state index is 13.2. The van der Waals surface area contributed by atoms with E-state index in [0.29, 0.717) is 18.0 Å². The number of fused-ring (bicyclic) bond motifs is 1. The van der Waals surface area contributed by atoms with Crippen LogP contribution >= 0.6 is 23.1 Å². The molecule has 134 valence electrons. The molecular formula is C20H20N2O2S2. The van der Waals surface area contributed by atoms with Crippen molar-refractivity contribution in [3.63, 3.8) is 0 Å². The van der Waals surface area contributed by atoms with Crippen molar-refractivity contribution in [3.8, 4) is 10.8 Å². The number of rotatable bonds is 5. The lowest BCUT2D eigenvalue weighted by Crippen LogP contribution is -2.17. The molecule has 0 unspecified atom stereocenters. The number of amides is 1. The molecule has 1 aromatic carbocycles. The van der Waals surface area contributed by atoms with E-state index in [2.05, 4.69) is 5.32 Å². The molecule has 0 fully saturated rings. The summed E-state index contributed by atoms with van der Waals surface area (Å²) in [5.74, 6) is 2.68. The van der Waals surface area contributed by atoms with E-state index in [1.807, 2.05) is 72.0 Å². The number of aromatic nitrogens is 1. The highest BCUT2D eigenvalue weighted by molar-refractivity contribution is 7.98. The number of carbonyl (C=O) groups is 1. The van der Waals surface area contributed by atoms with E-state index in [-0.39, 0.29) is 5.91 Å². The van der Waals surface area contributed by atoms with Gasteiger partial charge in [-0.05, 0) is 48.9 Å². The number of thiophene rings is 1. The van der Waals surface area contributed by atoms with Crippen molar-refractivity contribution >= 4 is 34.7 Å². The van der Waals surface area contributed by atoms with E-state index in [4.69, 9.17) is 4.74 Å². The zero-order valence-corrected chi connectivity index (χ0v) is 16.2. The maximum Gasteiger partial charge on any atom is 0.259 e. The summed E-state index contributed by atoms with van der Waals surface area (Å²) in [6, 6.07) is 11.6. The Bertz CT molecular complexity index is 916. The van der Waals surface area contributed by atoms with Gasteiger partial charge in [0.05, 0.1) is 17.9 Å². The quantitative estimate of drug-likeness (QED) is 0.675. The number of ether oxygens (including phenoxy) is 1. The number of anilines is 1. The normalized spacial score (nSPS) is 13.3. The number of nitrogens with zero attached hydrogens (tertiary/aromatic N) is 1. The highest BCUT2D eigenvalue weighted by Crippen LogP contribution is 2.39. The van der Waals surface area contributed by atoms with Gasteiger partial charge in [-0.2, -0.15) is 11.8 Å². The van der Waals surface area contributed by atoms with Gasteiger partial charge in [-0.15, -0.1) is 11.3 Å². The molecule has 0 bridgehead atoms. The molecule has 4 rings (SSSR count). The van der Waals surface area contributed by atoms with Gasteiger partial charge >= 0.3 is 0 Å². The summed E-state index contributed by atoms with van der Waals surface area (Å²) < 4.78 is 7.69. The summed E-state index contributed by atoms with van der Waals surface area (Å²) in [5.41, 5.74) is 2.71. The van der Waals surface area contributed by atoms with Crippen molar-refractivity contribution in [2.75, 3.05) is 17.7 Å². The first-order valence-corrected chi connectivity index (χ1v) is 10.6. The Morgan fingerprint density at radius 1 is 1.23 bits per heavy atom. The first-order chi connectivity index (χ1) is 12.8. The largest absolute Gasteiger partial charge is 0.492 e. The lowest BCUT2D eigenvalue weighted by atomic mass is 10.1. The molecule has 4 nitrogen and oxygen atoms in total. The second-order valence-corrected chi connectivity index (χ2v) is 8.15. The van der Waals surface area contributed by atoms with Crippen molar-refractivity contribution < 1.29 is 9.53 Å². The van der Waals surface area contributed by atoms with E-state index in [0.717, 1.165) is 28.5 Å². The highest BCUT2D eigenvalue weighted by atomic mass is 32.2. The van der Waals surface area contributed by atoms with Gasteiger partial charge in [0.25, 0.3) is 5.91 Å². The third-order valence-electron chi connectivity index (χ3n) is 4.30. The average molecular weight is 385 g/mol. The van der Waals surface area contributed by atoms with Gasteiger partial charge in [0.1, 0.15) is 10.8 Å². The summed E-state index contributed by atoms with van der Waals surface area (Å²) in [6.45, 7) is 2.50. The van der Waals surface area contributed by atoms with Crippen LogP contribution in [0.1, 0.15) is 27.7 Å². The minimum absolute atomic E-state index is 0.0646. The third kappa shape index (κ3) is 3.27. The summed E-state index contributed by atoms with van der Waals surface area (Å²) in [6.07, 6.45) is 4.93. The van der Waals surface area contributed by atoms with E-state index >= 15 is 0 Å². The van der Waals surface area contributed by atoms with Gasteiger partial charge in [-0.3, -0.25) is 4.79 Å². The lowest BCUT2D eigenvalue weighted by Gasteiger charge is -2.15. The first kappa shape index (κ1) is 17.2. The number of carbonyl (C=O) groups excluding carboxylic acids is 1. The van der Waals surface area contributed by atoms with Crippen LogP contribution < -0.4 is 10.1 Å². The second-order valence-electron chi connectivity index (χ2n) is 5.96. The van der Waals surface area contributed by atoms with Gasteiger partial charge < -0.3 is 14.6 Å². The topological polar surface area (TPSA) is 43.3 Å². The zero-order chi connectivity index (χ0) is 17.9. The SMILES string of the molecule is CCOc1ccccc1NC(=O)c1c(-n2cccc2)sc2c1CCSC2. The summed E-state index contributed by atoms with van der Waals surface area (Å²) in [7, 11) is 0. The Labute approximate surface area is 161 Å². The van der Waals surface area contributed by atoms with Crippen molar-refractivity contribution in [1.82, 2.24) is 4.57 Å². The maximum atomic E-state index is 13.2. The second kappa shape index (κ2) is 7.60. The summed E-state index contributed by atoms with van der Waals surface area (Å²) >= 11 is 3.65. The van der Waals surface area contributed by atoms with Crippen molar-refractivity contribution in [2.24, 2.45) is 0 Å². The predicted molar refractivity (Wildman–Crippen MR) is 109 cm³/mol. The van der Waals surface area contributed by atoms with Crippen LogP contribution in [0.3, 0.4) is 0 Å². The van der Waals surface area contributed by atoms with Gasteiger partial charge in [-0.25, -0.2) is 0 Å². The third-order valence-corrected chi connectivity index (χ3v) is 6.72. The number of para-hydroxylation sites is 2. The van der Waals surface area contributed by atoms with E-state index < -0.39 is 0 Å². The number of hydrogen-bond donors (Lipinski definition) is 1. The van der Waals surface area contributed by atoms with Gasteiger partial charge in [0, 0.05) is 23.0 Å². The fourth-order valence-corrected chi connectivity index (χ4v) is 5.58. The van der Waals surface area contributed by atoms with Crippen LogP contribution in [-0.4, -0.2) is 22.8 Å². The van der Waals surface area contributed by atoms with E-state index in [1.54, 1.807) is 11.3 Å². The average Bonchev–Trinajstić information content (AvgIpc) is 3.31. The molecule has 0 saturated carbocycles. The van der Waals surface area contributed by atoms with Crippen LogP contribution in [0, 0.1) is 0 Å². The highest BCUT2D eigenvalue weighted by Gasteiger charge is 2.26. The molecule has 1 amide bonds. The Morgan fingerprint density at radius 2 is 2.04 bits per heavy atom. The first-order valence-electron chi connectivity index (χ1n) is 8.66. The van der Waals surface area contributed by atoms with Crippen molar-refractivity contribution in [2.45, 2.75) is 19.1 Å². The van der Waals surface area contributed by atoms with Gasteiger partial charge in [-0.1, -0.05) is 12.1 Å². The number of thioether (sulfide) groups is 1. The van der Waals surface area contributed by atoms with Crippen LogP contribution in [-0.2, 0) is 12.2 Å². The minimum atomic E-state index is -0.0646. The number of nitrogens with one attached hydrogen (secondary N) is 1. The monoisotopic (exact) mass is 384 g/mol.